The zero-order valence-electron chi connectivity index (χ0n) is 22.6. The summed E-state index contributed by atoms with van der Waals surface area (Å²) in [5.41, 5.74) is 7.32. The van der Waals surface area contributed by atoms with E-state index in [-0.39, 0.29) is 23.3 Å². The number of hydrogen-bond donors (Lipinski definition) is 2. The number of hydrogen-bond acceptors (Lipinski definition) is 8. The Bertz CT molecular complexity index is 1770. The zero-order chi connectivity index (χ0) is 29.1. The largest absolute Gasteiger partial charge is 0.493 e. The fraction of sp³-hybridized carbons (Fsp3) is 0.129. The number of pyridine rings is 2. The highest BCUT2D eigenvalue weighted by Gasteiger charge is 2.26. The smallest absolute Gasteiger partial charge is 0.353 e. The lowest BCUT2D eigenvalue weighted by molar-refractivity contribution is 0.0688. The summed E-state index contributed by atoms with van der Waals surface area (Å²) in [5.74, 6) is 0.110. The number of aromatic nitrogens is 2. The first kappa shape index (κ1) is 27.1. The van der Waals surface area contributed by atoms with Crippen molar-refractivity contribution in [3.05, 3.63) is 101 Å². The quantitative estimate of drug-likeness (QED) is 0.243. The van der Waals surface area contributed by atoms with E-state index < -0.39 is 11.5 Å². The molecule has 3 aromatic carbocycles. The molecule has 0 atom stereocenters. The van der Waals surface area contributed by atoms with Gasteiger partial charge in [0.1, 0.15) is 18.1 Å². The van der Waals surface area contributed by atoms with Crippen molar-refractivity contribution in [2.75, 3.05) is 27.1 Å². The molecular weight excluding hydrogens is 526 g/mol. The van der Waals surface area contributed by atoms with Gasteiger partial charge < -0.3 is 29.8 Å². The van der Waals surface area contributed by atoms with Crippen LogP contribution in [0.1, 0.15) is 16.2 Å². The van der Waals surface area contributed by atoms with Crippen LogP contribution in [-0.4, -0.2) is 42.0 Å². The topological polar surface area (TPSA) is 135 Å². The van der Waals surface area contributed by atoms with Crippen LogP contribution < -0.4 is 30.2 Å². The summed E-state index contributed by atoms with van der Waals surface area (Å²) >= 11 is 0. The summed E-state index contributed by atoms with van der Waals surface area (Å²) in [5, 5.41) is 11.2. The number of nitrogen functional groups attached to an aromatic ring is 1. The third-order valence-corrected chi connectivity index (χ3v) is 6.57. The Balaban J connectivity index is 1.83. The highest BCUT2D eigenvalue weighted by molar-refractivity contribution is 6.07. The maximum atomic E-state index is 14.0. The van der Waals surface area contributed by atoms with Crippen molar-refractivity contribution in [1.29, 1.82) is 0 Å². The minimum Gasteiger partial charge on any atom is -0.493 e. The van der Waals surface area contributed by atoms with Crippen molar-refractivity contribution in [3.63, 3.8) is 0 Å². The van der Waals surface area contributed by atoms with E-state index in [4.69, 9.17) is 24.7 Å². The predicted molar refractivity (Wildman–Crippen MR) is 155 cm³/mol. The number of benzene rings is 3. The maximum Gasteiger partial charge on any atom is 0.353 e. The van der Waals surface area contributed by atoms with Crippen LogP contribution in [0.4, 0.5) is 5.69 Å². The van der Waals surface area contributed by atoms with Crippen LogP contribution in [0.15, 0.2) is 83.8 Å². The number of carboxylic acids is 1. The number of aromatic carboxylic acids is 1. The molecule has 10 nitrogen and oxygen atoms in total. The summed E-state index contributed by atoms with van der Waals surface area (Å²) in [6, 6.07) is 20.1. The Hall–Kier alpha value is -5.51. The molecule has 0 bridgehead atoms. The number of rotatable bonds is 9. The normalized spacial score (nSPS) is 10.8. The van der Waals surface area contributed by atoms with Crippen molar-refractivity contribution in [2.45, 2.75) is 6.61 Å². The second-order valence-electron chi connectivity index (χ2n) is 8.99. The molecule has 208 valence electrons. The fourth-order valence-corrected chi connectivity index (χ4v) is 4.70. The van der Waals surface area contributed by atoms with E-state index in [0.717, 1.165) is 4.57 Å². The lowest BCUT2D eigenvalue weighted by atomic mass is 9.95. The molecule has 5 rings (SSSR count). The lowest BCUT2D eigenvalue weighted by Crippen LogP contribution is -2.26. The number of anilines is 1. The van der Waals surface area contributed by atoms with Crippen LogP contribution >= 0.6 is 0 Å². The predicted octanol–water partition coefficient (Wildman–Crippen LogP) is 4.94. The summed E-state index contributed by atoms with van der Waals surface area (Å²) in [6.45, 7) is 0.186. The van der Waals surface area contributed by atoms with E-state index >= 15 is 0 Å². The van der Waals surface area contributed by atoms with E-state index in [1.807, 2.05) is 18.2 Å². The Morgan fingerprint density at radius 2 is 1.61 bits per heavy atom. The number of nitrogens with zero attached hydrogens (tertiary/aromatic N) is 2. The van der Waals surface area contributed by atoms with Crippen LogP contribution in [0.3, 0.4) is 0 Å². The van der Waals surface area contributed by atoms with Crippen LogP contribution in [0.5, 0.6) is 23.0 Å². The van der Waals surface area contributed by atoms with E-state index in [0.29, 0.717) is 51.0 Å². The Labute approximate surface area is 235 Å². The fourth-order valence-electron chi connectivity index (χ4n) is 4.70. The molecule has 0 spiro atoms. The van der Waals surface area contributed by atoms with Gasteiger partial charge in [0.05, 0.1) is 32.4 Å². The monoisotopic (exact) mass is 553 g/mol. The Morgan fingerprint density at radius 1 is 0.902 bits per heavy atom. The van der Waals surface area contributed by atoms with Gasteiger partial charge in [-0.25, -0.2) is 4.79 Å². The first-order chi connectivity index (χ1) is 19.9. The number of ether oxygens (including phenoxy) is 4. The summed E-state index contributed by atoms with van der Waals surface area (Å²) < 4.78 is 23.6. The third-order valence-electron chi connectivity index (χ3n) is 6.57. The minimum atomic E-state index is -1.31. The molecular formula is C31H27N3O7. The van der Waals surface area contributed by atoms with E-state index in [1.54, 1.807) is 60.8 Å². The van der Waals surface area contributed by atoms with Gasteiger partial charge in [-0.15, -0.1) is 0 Å². The van der Waals surface area contributed by atoms with Gasteiger partial charge in [0.25, 0.3) is 5.56 Å². The van der Waals surface area contributed by atoms with Gasteiger partial charge >= 0.3 is 5.97 Å². The molecule has 0 unspecified atom stereocenters. The van der Waals surface area contributed by atoms with Crippen molar-refractivity contribution in [1.82, 2.24) is 9.55 Å². The second kappa shape index (κ2) is 11.3. The van der Waals surface area contributed by atoms with Crippen molar-refractivity contribution in [3.8, 4) is 39.8 Å². The van der Waals surface area contributed by atoms with Gasteiger partial charge in [-0.05, 0) is 77.7 Å². The van der Waals surface area contributed by atoms with Gasteiger partial charge in [0.2, 0.25) is 5.75 Å². The van der Waals surface area contributed by atoms with Crippen LogP contribution in [0, 0.1) is 0 Å². The van der Waals surface area contributed by atoms with Gasteiger partial charge in [0, 0.05) is 23.1 Å². The minimum absolute atomic E-state index is 0.186. The molecule has 41 heavy (non-hydrogen) atoms. The number of fused-ring (bicyclic) bond motifs is 1. The SMILES string of the molecule is COc1cc(-c2c(C(=O)O)n(-c3ccc(N)cc3)c(=O)c3cc(OCc4ccccn4)ccc23)cc(OC)c1OC. The summed E-state index contributed by atoms with van der Waals surface area (Å²) in [6.07, 6.45) is 1.67. The average Bonchev–Trinajstić information content (AvgIpc) is 3.00. The molecule has 0 aliphatic rings. The molecule has 10 heteroatoms. The number of nitrogens with two attached hydrogens (primary N) is 1. The molecule has 5 aromatic rings. The molecule has 0 fully saturated rings. The molecule has 0 saturated carbocycles. The van der Waals surface area contributed by atoms with Crippen LogP contribution in [-0.2, 0) is 6.61 Å². The van der Waals surface area contributed by atoms with Gasteiger partial charge in [0.15, 0.2) is 11.5 Å². The zero-order valence-corrected chi connectivity index (χ0v) is 22.6. The third kappa shape index (κ3) is 5.10. The van der Waals surface area contributed by atoms with Crippen LogP contribution in [0.25, 0.3) is 27.6 Å². The van der Waals surface area contributed by atoms with Crippen molar-refractivity contribution in [2.24, 2.45) is 0 Å². The standard InChI is InChI=1S/C31H27N3O7/c1-38-25-14-18(15-26(39-2)29(25)40-3)27-23-12-11-22(41-17-20-6-4-5-13-33-20)16-24(23)30(35)34(28(27)31(36)37)21-9-7-19(32)8-10-21/h4-16H,17,32H2,1-3H3,(H,36,37). The van der Waals surface area contributed by atoms with E-state index in [2.05, 4.69) is 4.98 Å². The molecule has 0 saturated heterocycles. The molecule has 2 aromatic heterocycles. The average molecular weight is 554 g/mol. The summed E-state index contributed by atoms with van der Waals surface area (Å²) in [4.78, 5) is 31.2. The molecule has 0 amide bonds. The Morgan fingerprint density at radius 3 is 2.20 bits per heavy atom. The van der Waals surface area contributed by atoms with Crippen molar-refractivity contribution >= 4 is 22.4 Å². The molecule has 2 heterocycles. The van der Waals surface area contributed by atoms with Gasteiger partial charge in [-0.1, -0.05) is 6.07 Å². The maximum absolute atomic E-state index is 14.0. The van der Waals surface area contributed by atoms with Crippen molar-refractivity contribution < 1.29 is 28.8 Å². The molecule has 3 N–H and O–H groups in total. The van der Waals surface area contributed by atoms with Gasteiger partial charge in [-0.3, -0.25) is 14.3 Å². The number of carboxylic acid groups (broad SMARTS) is 1. The highest BCUT2D eigenvalue weighted by Crippen LogP contribution is 2.44. The second-order valence-corrected chi connectivity index (χ2v) is 8.99. The highest BCUT2D eigenvalue weighted by atomic mass is 16.5. The molecule has 0 radical (unpaired) electrons. The summed E-state index contributed by atoms with van der Waals surface area (Å²) in [7, 11) is 4.42. The Kier molecular flexibility index (Phi) is 7.47. The lowest BCUT2D eigenvalue weighted by Gasteiger charge is -2.20. The number of methoxy groups -OCH3 is 3. The van der Waals surface area contributed by atoms with E-state index in [1.165, 1.54) is 21.3 Å². The van der Waals surface area contributed by atoms with Gasteiger partial charge in [-0.2, -0.15) is 0 Å². The number of carbonyl (C=O) groups is 1. The van der Waals surface area contributed by atoms with E-state index in [9.17, 15) is 14.7 Å². The molecule has 0 aliphatic carbocycles. The van der Waals surface area contributed by atoms with Crippen LogP contribution in [0.2, 0.25) is 0 Å². The first-order valence-electron chi connectivity index (χ1n) is 12.5. The molecule has 0 aliphatic heterocycles. The first-order valence-corrected chi connectivity index (χ1v) is 12.5.